The molecule has 110 valence electrons. The predicted molar refractivity (Wildman–Crippen MR) is 77.7 cm³/mol. The maximum absolute atomic E-state index is 12.1. The number of rotatable bonds is 6. The topological polar surface area (TPSA) is 68.5 Å². The zero-order chi connectivity index (χ0) is 15.1. The van der Waals surface area contributed by atoms with Crippen LogP contribution in [-0.4, -0.2) is 25.0 Å². The second kappa shape index (κ2) is 7.28. The molecule has 0 spiro atoms. The van der Waals surface area contributed by atoms with Gasteiger partial charge in [0.2, 0.25) is 0 Å². The molecule has 0 atom stereocenters. The van der Waals surface area contributed by atoms with Crippen molar-refractivity contribution in [1.29, 1.82) is 0 Å². The van der Waals surface area contributed by atoms with Gasteiger partial charge in [0, 0.05) is 12.1 Å². The third-order valence-electron chi connectivity index (χ3n) is 2.88. The lowest BCUT2D eigenvalue weighted by Crippen LogP contribution is -2.26. The van der Waals surface area contributed by atoms with Gasteiger partial charge < -0.3 is 14.5 Å². The van der Waals surface area contributed by atoms with Gasteiger partial charge in [0.15, 0.2) is 5.76 Å². The van der Waals surface area contributed by atoms with Crippen LogP contribution in [0.25, 0.3) is 11.1 Å². The summed E-state index contributed by atoms with van der Waals surface area (Å²) in [6.45, 7) is 2.29. The van der Waals surface area contributed by atoms with Gasteiger partial charge in [-0.3, -0.25) is 9.59 Å². The van der Waals surface area contributed by atoms with Gasteiger partial charge >= 0.3 is 5.97 Å². The molecule has 21 heavy (non-hydrogen) atoms. The smallest absolute Gasteiger partial charge is 0.307 e. The standard InChI is InChI=1S/C16H17NO4/c1-2-20-14(18)8-10-17-16(19)15-13(9-11-21-15)12-6-4-3-5-7-12/h3-7,9,11H,2,8,10H2,1H3,(H,17,19). The molecule has 5 heteroatoms. The van der Waals surface area contributed by atoms with Crippen molar-refractivity contribution in [1.82, 2.24) is 5.32 Å². The Bertz CT molecular complexity index is 604. The molecule has 0 fully saturated rings. The summed E-state index contributed by atoms with van der Waals surface area (Å²) in [5.74, 6) is -0.436. The predicted octanol–water partition coefficient (Wildman–Crippen LogP) is 2.63. The first-order valence-corrected chi connectivity index (χ1v) is 6.79. The molecule has 0 aliphatic rings. The number of carbonyl (C=O) groups is 2. The number of nitrogens with one attached hydrogen (secondary N) is 1. The summed E-state index contributed by atoms with van der Waals surface area (Å²) < 4.78 is 10.1. The summed E-state index contributed by atoms with van der Waals surface area (Å²) in [6, 6.07) is 11.2. The average molecular weight is 287 g/mol. The minimum atomic E-state index is -0.344. The molecule has 0 saturated carbocycles. The molecule has 1 aromatic heterocycles. The first-order chi connectivity index (χ1) is 10.2. The Morgan fingerprint density at radius 1 is 1.19 bits per heavy atom. The van der Waals surface area contributed by atoms with Crippen LogP contribution in [0.5, 0.6) is 0 Å². The molecular formula is C16H17NO4. The molecule has 1 N–H and O–H groups in total. The number of hydrogen-bond acceptors (Lipinski definition) is 4. The number of ether oxygens (including phenoxy) is 1. The van der Waals surface area contributed by atoms with Gasteiger partial charge in [0.05, 0.1) is 19.3 Å². The number of hydrogen-bond donors (Lipinski definition) is 1. The van der Waals surface area contributed by atoms with E-state index in [4.69, 9.17) is 9.15 Å². The highest BCUT2D eigenvalue weighted by Gasteiger charge is 2.16. The maximum atomic E-state index is 12.1. The zero-order valence-corrected chi connectivity index (χ0v) is 11.8. The van der Waals surface area contributed by atoms with Crippen LogP contribution in [0, 0.1) is 0 Å². The molecule has 0 radical (unpaired) electrons. The normalized spacial score (nSPS) is 10.1. The summed E-state index contributed by atoms with van der Waals surface area (Å²) in [6.07, 6.45) is 1.61. The van der Waals surface area contributed by atoms with E-state index >= 15 is 0 Å². The number of carbonyl (C=O) groups excluding carboxylic acids is 2. The highest BCUT2D eigenvalue weighted by Crippen LogP contribution is 2.24. The fraction of sp³-hybridized carbons (Fsp3) is 0.250. The quantitative estimate of drug-likeness (QED) is 0.829. The van der Waals surface area contributed by atoms with Crippen LogP contribution in [0.3, 0.4) is 0 Å². The first-order valence-electron chi connectivity index (χ1n) is 6.79. The maximum Gasteiger partial charge on any atom is 0.307 e. The van der Waals surface area contributed by atoms with Crippen LogP contribution in [0.2, 0.25) is 0 Å². The SMILES string of the molecule is CCOC(=O)CCNC(=O)c1occc1-c1ccccc1. The summed E-state index contributed by atoms with van der Waals surface area (Å²) in [5.41, 5.74) is 1.63. The van der Waals surface area contributed by atoms with Crippen molar-refractivity contribution in [3.05, 3.63) is 48.4 Å². The van der Waals surface area contributed by atoms with E-state index in [-0.39, 0.29) is 30.6 Å². The Balaban J connectivity index is 1.98. The molecule has 1 aromatic carbocycles. The van der Waals surface area contributed by atoms with Crippen LogP contribution in [0.1, 0.15) is 23.9 Å². The van der Waals surface area contributed by atoms with E-state index in [0.29, 0.717) is 6.61 Å². The van der Waals surface area contributed by atoms with Gasteiger partial charge in [-0.05, 0) is 18.6 Å². The van der Waals surface area contributed by atoms with E-state index in [0.717, 1.165) is 11.1 Å². The van der Waals surface area contributed by atoms with E-state index in [1.807, 2.05) is 30.3 Å². The van der Waals surface area contributed by atoms with E-state index in [2.05, 4.69) is 5.32 Å². The molecular weight excluding hydrogens is 270 g/mol. The van der Waals surface area contributed by atoms with E-state index in [1.165, 1.54) is 6.26 Å². The molecule has 0 aliphatic heterocycles. The largest absolute Gasteiger partial charge is 0.466 e. The zero-order valence-electron chi connectivity index (χ0n) is 11.8. The molecule has 0 saturated heterocycles. The lowest BCUT2D eigenvalue weighted by Gasteiger charge is -2.05. The van der Waals surface area contributed by atoms with Crippen LogP contribution in [0.15, 0.2) is 47.1 Å². The van der Waals surface area contributed by atoms with Crippen LogP contribution < -0.4 is 5.32 Å². The van der Waals surface area contributed by atoms with Crippen molar-refractivity contribution in [2.24, 2.45) is 0 Å². The first kappa shape index (κ1) is 14.8. The summed E-state index contributed by atoms with van der Waals surface area (Å²) in [4.78, 5) is 23.3. The fourth-order valence-electron chi connectivity index (χ4n) is 1.92. The molecule has 2 rings (SSSR count). The Kier molecular flexibility index (Phi) is 5.15. The second-order valence-electron chi connectivity index (χ2n) is 4.34. The Hall–Kier alpha value is -2.56. The molecule has 1 amide bonds. The van der Waals surface area contributed by atoms with Crippen LogP contribution in [-0.2, 0) is 9.53 Å². The average Bonchev–Trinajstić information content (AvgIpc) is 2.98. The molecule has 0 aliphatic carbocycles. The van der Waals surface area contributed by atoms with Gasteiger partial charge in [0.1, 0.15) is 0 Å². The second-order valence-corrected chi connectivity index (χ2v) is 4.34. The molecule has 5 nitrogen and oxygen atoms in total. The number of benzene rings is 1. The third kappa shape index (κ3) is 3.95. The molecule has 0 bridgehead atoms. The van der Waals surface area contributed by atoms with Crippen molar-refractivity contribution in [2.75, 3.05) is 13.2 Å². The third-order valence-corrected chi connectivity index (χ3v) is 2.88. The molecule has 0 unspecified atom stereocenters. The van der Waals surface area contributed by atoms with Gasteiger partial charge in [0.25, 0.3) is 5.91 Å². The number of esters is 1. The Morgan fingerprint density at radius 2 is 1.95 bits per heavy atom. The summed E-state index contributed by atoms with van der Waals surface area (Å²) >= 11 is 0. The molecule has 2 aromatic rings. The molecule has 1 heterocycles. The van der Waals surface area contributed by atoms with Gasteiger partial charge in [-0.2, -0.15) is 0 Å². The van der Waals surface area contributed by atoms with Crippen molar-refractivity contribution in [3.8, 4) is 11.1 Å². The number of amides is 1. The summed E-state index contributed by atoms with van der Waals surface area (Å²) in [7, 11) is 0. The number of furan rings is 1. The van der Waals surface area contributed by atoms with Crippen molar-refractivity contribution in [3.63, 3.8) is 0 Å². The van der Waals surface area contributed by atoms with Gasteiger partial charge in [-0.1, -0.05) is 30.3 Å². The van der Waals surface area contributed by atoms with Crippen molar-refractivity contribution in [2.45, 2.75) is 13.3 Å². The fourth-order valence-corrected chi connectivity index (χ4v) is 1.92. The minimum Gasteiger partial charge on any atom is -0.466 e. The lowest BCUT2D eigenvalue weighted by molar-refractivity contribution is -0.142. The van der Waals surface area contributed by atoms with E-state index in [1.54, 1.807) is 13.0 Å². The van der Waals surface area contributed by atoms with Gasteiger partial charge in [-0.25, -0.2) is 0 Å². The summed E-state index contributed by atoms with van der Waals surface area (Å²) in [5, 5.41) is 2.65. The minimum absolute atomic E-state index is 0.140. The van der Waals surface area contributed by atoms with E-state index in [9.17, 15) is 9.59 Å². The van der Waals surface area contributed by atoms with E-state index < -0.39 is 0 Å². The van der Waals surface area contributed by atoms with Gasteiger partial charge in [-0.15, -0.1) is 0 Å². The Labute approximate surface area is 122 Å². The van der Waals surface area contributed by atoms with Crippen LogP contribution >= 0.6 is 0 Å². The highest BCUT2D eigenvalue weighted by atomic mass is 16.5. The van der Waals surface area contributed by atoms with Crippen molar-refractivity contribution >= 4 is 11.9 Å². The highest BCUT2D eigenvalue weighted by molar-refractivity contribution is 5.98. The van der Waals surface area contributed by atoms with Crippen LogP contribution in [0.4, 0.5) is 0 Å². The Morgan fingerprint density at radius 3 is 2.67 bits per heavy atom. The monoisotopic (exact) mass is 287 g/mol. The van der Waals surface area contributed by atoms with Crippen molar-refractivity contribution < 1.29 is 18.7 Å². The lowest BCUT2D eigenvalue weighted by atomic mass is 10.1.